The van der Waals surface area contributed by atoms with E-state index in [2.05, 4.69) is 41.8 Å². The molecule has 0 unspecified atom stereocenters. The van der Waals surface area contributed by atoms with Gasteiger partial charge in [0.15, 0.2) is 0 Å². The molecule has 0 amide bonds. The lowest BCUT2D eigenvalue weighted by molar-refractivity contribution is 0.305. The topological polar surface area (TPSA) is 80.0 Å². The molecule has 0 aromatic heterocycles. The van der Waals surface area contributed by atoms with Crippen LogP contribution in [0.5, 0.6) is 0 Å². The van der Waals surface area contributed by atoms with Crippen LogP contribution in [0.2, 0.25) is 10.0 Å². The van der Waals surface area contributed by atoms with E-state index in [-0.39, 0.29) is 5.96 Å². The van der Waals surface area contributed by atoms with Crippen molar-refractivity contribution in [3.8, 4) is 0 Å². The number of nitrogens with two attached hydrogens (primary N) is 2. The number of nitrogens with zero attached hydrogens (tertiary/aromatic N) is 3. The van der Waals surface area contributed by atoms with Gasteiger partial charge in [-0.2, -0.15) is 4.99 Å². The molecule has 1 saturated carbocycles. The van der Waals surface area contributed by atoms with Crippen molar-refractivity contribution in [1.82, 2.24) is 0 Å². The molecule has 0 atom stereocenters. The highest BCUT2D eigenvalue weighted by molar-refractivity contribution is 9.11. The van der Waals surface area contributed by atoms with Gasteiger partial charge in [-0.1, -0.05) is 29.6 Å². The summed E-state index contributed by atoms with van der Waals surface area (Å²) in [5, 5.41) is 0.975. The quantitative estimate of drug-likeness (QED) is 0.451. The van der Waals surface area contributed by atoms with Crippen molar-refractivity contribution in [2.45, 2.75) is 37.8 Å². The van der Waals surface area contributed by atoms with Gasteiger partial charge in [0.25, 0.3) is 0 Å². The average molecular weight is 484 g/mol. The molecule has 9 heteroatoms. The molecule has 3 rings (SSSR count). The predicted molar refractivity (Wildman–Crippen MR) is 103 cm³/mol. The molecule has 1 heterocycles. The van der Waals surface area contributed by atoms with E-state index in [1.807, 2.05) is 4.90 Å². The molecule has 1 aromatic carbocycles. The summed E-state index contributed by atoms with van der Waals surface area (Å²) in [4.78, 5) is 10.7. The highest BCUT2D eigenvalue weighted by Gasteiger charge is 2.43. The molecule has 23 heavy (non-hydrogen) atoms. The van der Waals surface area contributed by atoms with E-state index in [9.17, 15) is 0 Å². The number of hydrogen-bond donors (Lipinski definition) is 2. The number of hydrogen-bond acceptors (Lipinski definition) is 5. The van der Waals surface area contributed by atoms with E-state index in [0.717, 1.165) is 31.4 Å². The van der Waals surface area contributed by atoms with Crippen molar-refractivity contribution >= 4 is 72.7 Å². The average Bonchev–Trinajstić information content (AvgIpc) is 2.50. The number of guanidine groups is 2. The molecule has 1 fully saturated rings. The normalized spacial score (nSPS) is 20.4. The Labute approximate surface area is 161 Å². The van der Waals surface area contributed by atoms with E-state index in [1.54, 1.807) is 6.07 Å². The number of rotatable bonds is 1. The second-order valence-electron chi connectivity index (χ2n) is 5.64. The van der Waals surface area contributed by atoms with Gasteiger partial charge in [0.2, 0.25) is 11.9 Å². The first-order chi connectivity index (χ1) is 10.9. The zero-order valence-corrected chi connectivity index (χ0v) is 16.8. The Bertz CT molecular complexity index is 714. The SMILES string of the molecule is NC1=NC2(CCCCC2)N(c2cc(Cl)c(Br)c(Cl)c2Br)C(N)=N1. The lowest BCUT2D eigenvalue weighted by atomic mass is 9.87. The van der Waals surface area contributed by atoms with Gasteiger partial charge in [0.1, 0.15) is 5.66 Å². The first-order valence-corrected chi connectivity index (χ1v) is 9.52. The van der Waals surface area contributed by atoms with Crippen LogP contribution in [-0.4, -0.2) is 17.6 Å². The zero-order valence-electron chi connectivity index (χ0n) is 12.1. The van der Waals surface area contributed by atoms with Crippen molar-refractivity contribution < 1.29 is 0 Å². The first-order valence-electron chi connectivity index (χ1n) is 7.18. The first kappa shape index (κ1) is 17.3. The summed E-state index contributed by atoms with van der Waals surface area (Å²) in [6, 6.07) is 1.80. The number of benzene rings is 1. The maximum Gasteiger partial charge on any atom is 0.220 e. The molecule has 1 aliphatic carbocycles. The van der Waals surface area contributed by atoms with Crippen molar-refractivity contribution in [2.75, 3.05) is 4.90 Å². The minimum absolute atomic E-state index is 0.214. The molecular weight excluding hydrogens is 469 g/mol. The van der Waals surface area contributed by atoms with Gasteiger partial charge in [0.05, 0.1) is 24.7 Å². The van der Waals surface area contributed by atoms with Gasteiger partial charge in [-0.25, -0.2) is 4.99 Å². The molecule has 124 valence electrons. The van der Waals surface area contributed by atoms with Crippen molar-refractivity contribution in [1.29, 1.82) is 0 Å². The minimum atomic E-state index is -0.531. The fraction of sp³-hybridized carbons (Fsp3) is 0.429. The van der Waals surface area contributed by atoms with Crippen LogP contribution in [0.25, 0.3) is 0 Å². The Balaban J connectivity index is 2.18. The minimum Gasteiger partial charge on any atom is -0.369 e. The second kappa shape index (κ2) is 6.43. The Morgan fingerprint density at radius 1 is 1.09 bits per heavy atom. The lowest BCUT2D eigenvalue weighted by Gasteiger charge is -2.46. The molecule has 4 N–H and O–H groups in total. The number of halogens is 4. The van der Waals surface area contributed by atoms with E-state index in [1.165, 1.54) is 6.42 Å². The summed E-state index contributed by atoms with van der Waals surface area (Å²) in [5.74, 6) is 0.514. The fourth-order valence-electron chi connectivity index (χ4n) is 3.19. The summed E-state index contributed by atoms with van der Waals surface area (Å²) in [5.41, 5.74) is 12.3. The van der Waals surface area contributed by atoms with Gasteiger partial charge in [-0.05, 0) is 63.6 Å². The Morgan fingerprint density at radius 3 is 2.39 bits per heavy atom. The third-order valence-electron chi connectivity index (χ3n) is 4.18. The summed E-state index contributed by atoms with van der Waals surface area (Å²) >= 11 is 19.6. The van der Waals surface area contributed by atoms with E-state index in [0.29, 0.717) is 25.0 Å². The van der Waals surface area contributed by atoms with Crippen LogP contribution >= 0.6 is 55.1 Å². The second-order valence-corrected chi connectivity index (χ2v) is 8.01. The number of aliphatic imine (C=N–C) groups is 2. The van der Waals surface area contributed by atoms with Crippen molar-refractivity contribution in [3.63, 3.8) is 0 Å². The predicted octanol–water partition coefficient (Wildman–Crippen LogP) is 4.63. The summed E-state index contributed by atoms with van der Waals surface area (Å²) in [6.07, 6.45) is 4.97. The summed E-state index contributed by atoms with van der Waals surface area (Å²) < 4.78 is 1.32. The summed E-state index contributed by atoms with van der Waals surface area (Å²) in [6.45, 7) is 0. The van der Waals surface area contributed by atoms with Crippen LogP contribution in [0.15, 0.2) is 25.0 Å². The molecular formula is C14H15Br2Cl2N5. The zero-order chi connectivity index (χ0) is 16.8. The molecule has 1 spiro atoms. The molecule has 0 radical (unpaired) electrons. The molecule has 1 aromatic rings. The van der Waals surface area contributed by atoms with Crippen LogP contribution in [0, 0.1) is 0 Å². The van der Waals surface area contributed by atoms with Gasteiger partial charge in [0, 0.05) is 0 Å². The highest BCUT2D eigenvalue weighted by Crippen LogP contribution is 2.47. The Kier molecular flexibility index (Phi) is 4.84. The molecule has 0 saturated heterocycles. The maximum atomic E-state index is 6.36. The standard InChI is InChI=1S/C14H15Br2Cl2N5/c15-9-7(17)6-8(10(16)11(9)18)23-13(20)21-12(19)22-14(23)4-2-1-3-5-14/h6H,1-5H2,(H4,19,20,21,22). The number of anilines is 1. The molecule has 2 aliphatic rings. The van der Waals surface area contributed by atoms with Crippen LogP contribution in [-0.2, 0) is 0 Å². The maximum absolute atomic E-state index is 6.36. The Morgan fingerprint density at radius 2 is 1.74 bits per heavy atom. The van der Waals surface area contributed by atoms with E-state index in [4.69, 9.17) is 34.7 Å². The molecule has 5 nitrogen and oxygen atoms in total. The van der Waals surface area contributed by atoms with E-state index >= 15 is 0 Å². The van der Waals surface area contributed by atoms with Gasteiger partial charge < -0.3 is 11.5 Å². The summed E-state index contributed by atoms with van der Waals surface area (Å²) in [7, 11) is 0. The van der Waals surface area contributed by atoms with Gasteiger partial charge in [-0.3, -0.25) is 4.90 Å². The van der Waals surface area contributed by atoms with Gasteiger partial charge >= 0.3 is 0 Å². The Hall–Kier alpha value is -0.500. The third-order valence-corrected chi connectivity index (χ3v) is 7.16. The fourth-order valence-corrected chi connectivity index (χ4v) is 4.71. The van der Waals surface area contributed by atoms with Crippen LogP contribution in [0.4, 0.5) is 5.69 Å². The van der Waals surface area contributed by atoms with Crippen molar-refractivity contribution in [2.24, 2.45) is 21.5 Å². The van der Waals surface area contributed by atoms with Crippen LogP contribution in [0.3, 0.4) is 0 Å². The van der Waals surface area contributed by atoms with Crippen molar-refractivity contribution in [3.05, 3.63) is 25.1 Å². The monoisotopic (exact) mass is 481 g/mol. The largest absolute Gasteiger partial charge is 0.369 e. The molecule has 1 aliphatic heterocycles. The molecule has 0 bridgehead atoms. The highest BCUT2D eigenvalue weighted by atomic mass is 79.9. The van der Waals surface area contributed by atoms with Crippen LogP contribution < -0.4 is 16.4 Å². The smallest absolute Gasteiger partial charge is 0.220 e. The third kappa shape index (κ3) is 2.97. The van der Waals surface area contributed by atoms with E-state index < -0.39 is 5.66 Å². The lowest BCUT2D eigenvalue weighted by Crippen LogP contribution is -2.58. The van der Waals surface area contributed by atoms with Gasteiger partial charge in [-0.15, -0.1) is 0 Å². The van der Waals surface area contributed by atoms with Crippen LogP contribution in [0.1, 0.15) is 32.1 Å².